The maximum absolute atomic E-state index is 14.5. The monoisotopic (exact) mass is 345 g/mol. The molecule has 0 heterocycles. The highest BCUT2D eigenvalue weighted by Gasteiger charge is 2.26. The number of nitrogens with zero attached hydrogens (tertiary/aromatic N) is 2. The summed E-state index contributed by atoms with van der Waals surface area (Å²) in [5.41, 5.74) is 6.31. The van der Waals surface area contributed by atoms with E-state index in [2.05, 4.69) is 41.9 Å². The molecule has 0 aliphatic heterocycles. The molecule has 1 unspecified atom stereocenters. The first kappa shape index (κ1) is 16.8. The van der Waals surface area contributed by atoms with Crippen LogP contribution < -0.4 is 10.6 Å². The molecule has 0 aliphatic rings. The Bertz CT molecular complexity index is 526. The molecular weight excluding hydrogens is 325 g/mol. The van der Waals surface area contributed by atoms with Crippen LogP contribution in [0.1, 0.15) is 33.3 Å². The van der Waals surface area contributed by atoms with Gasteiger partial charge >= 0.3 is 0 Å². The standard InChI is InChI=1S/C14H21BrFN3O/c1-8(14(2,3)4)19(5)10-7-6-9(13(17)18-20)11(15)12(10)16/h6-8,20H,1-5H3,(H2,17,18). The average Bonchev–Trinajstić information content (AvgIpc) is 2.38. The van der Waals surface area contributed by atoms with E-state index < -0.39 is 5.82 Å². The number of hydrogen-bond acceptors (Lipinski definition) is 3. The van der Waals surface area contributed by atoms with Crippen LogP contribution in [0.5, 0.6) is 0 Å². The lowest BCUT2D eigenvalue weighted by atomic mass is 9.87. The van der Waals surface area contributed by atoms with Gasteiger partial charge in [-0.25, -0.2) is 4.39 Å². The smallest absolute Gasteiger partial charge is 0.171 e. The Hall–Kier alpha value is -1.30. The normalized spacial score (nSPS) is 14.2. The van der Waals surface area contributed by atoms with Crippen molar-refractivity contribution in [3.63, 3.8) is 0 Å². The van der Waals surface area contributed by atoms with Crippen LogP contribution in [0.15, 0.2) is 21.8 Å². The van der Waals surface area contributed by atoms with Crippen LogP contribution in [-0.2, 0) is 0 Å². The molecule has 0 saturated carbocycles. The lowest BCUT2D eigenvalue weighted by Gasteiger charge is -2.37. The first-order valence-electron chi connectivity index (χ1n) is 6.30. The fraction of sp³-hybridized carbons (Fsp3) is 0.500. The molecule has 0 bridgehead atoms. The number of anilines is 1. The Balaban J connectivity index is 3.26. The molecule has 0 radical (unpaired) electrons. The van der Waals surface area contributed by atoms with Gasteiger partial charge in [0, 0.05) is 18.7 Å². The first-order chi connectivity index (χ1) is 9.11. The van der Waals surface area contributed by atoms with Crippen LogP contribution in [0.3, 0.4) is 0 Å². The predicted molar refractivity (Wildman–Crippen MR) is 83.9 cm³/mol. The molecule has 0 spiro atoms. The van der Waals surface area contributed by atoms with E-state index in [1.165, 1.54) is 0 Å². The van der Waals surface area contributed by atoms with E-state index >= 15 is 0 Å². The largest absolute Gasteiger partial charge is 0.409 e. The molecule has 1 aromatic rings. The summed E-state index contributed by atoms with van der Waals surface area (Å²) in [5, 5.41) is 11.6. The molecule has 0 amide bonds. The van der Waals surface area contributed by atoms with Gasteiger partial charge in [0.15, 0.2) is 11.7 Å². The molecule has 112 valence electrons. The number of nitrogens with two attached hydrogens (primary N) is 1. The lowest BCUT2D eigenvalue weighted by Crippen LogP contribution is -2.39. The fourth-order valence-electron chi connectivity index (χ4n) is 1.85. The zero-order chi connectivity index (χ0) is 15.7. The summed E-state index contributed by atoms with van der Waals surface area (Å²) in [6.07, 6.45) is 0. The minimum Gasteiger partial charge on any atom is -0.409 e. The van der Waals surface area contributed by atoms with E-state index in [4.69, 9.17) is 10.9 Å². The summed E-state index contributed by atoms with van der Waals surface area (Å²) in [4.78, 5) is 1.89. The number of hydrogen-bond donors (Lipinski definition) is 2. The second kappa shape index (κ2) is 5.99. The van der Waals surface area contributed by atoms with Crippen molar-refractivity contribution in [1.82, 2.24) is 0 Å². The van der Waals surface area contributed by atoms with Gasteiger partial charge in [-0.15, -0.1) is 0 Å². The van der Waals surface area contributed by atoms with E-state index in [1.807, 2.05) is 18.9 Å². The minimum absolute atomic E-state index is 0.0118. The average molecular weight is 346 g/mol. The van der Waals surface area contributed by atoms with Crippen molar-refractivity contribution in [2.45, 2.75) is 33.7 Å². The number of rotatable bonds is 3. The highest BCUT2D eigenvalue weighted by atomic mass is 79.9. The molecule has 0 saturated heterocycles. The van der Waals surface area contributed by atoms with E-state index in [9.17, 15) is 4.39 Å². The van der Waals surface area contributed by atoms with E-state index in [-0.39, 0.29) is 21.8 Å². The molecule has 1 atom stereocenters. The number of benzene rings is 1. The SMILES string of the molecule is CC(N(C)c1ccc(/C(N)=N/O)c(Br)c1F)C(C)(C)C. The number of oxime groups is 1. The molecule has 4 nitrogen and oxygen atoms in total. The van der Waals surface area contributed by atoms with Crippen LogP contribution in [0.25, 0.3) is 0 Å². The molecule has 0 fully saturated rings. The Labute approximate surface area is 127 Å². The van der Waals surface area contributed by atoms with Crippen molar-refractivity contribution in [2.24, 2.45) is 16.3 Å². The zero-order valence-electron chi connectivity index (χ0n) is 12.4. The van der Waals surface area contributed by atoms with Gasteiger partial charge in [0.1, 0.15) is 0 Å². The van der Waals surface area contributed by atoms with Crippen molar-refractivity contribution >= 4 is 27.5 Å². The highest BCUT2D eigenvalue weighted by Crippen LogP contribution is 2.33. The van der Waals surface area contributed by atoms with Gasteiger partial charge in [-0.2, -0.15) is 0 Å². The van der Waals surface area contributed by atoms with Gasteiger partial charge in [0.25, 0.3) is 0 Å². The predicted octanol–water partition coefficient (Wildman–Crippen LogP) is 3.55. The summed E-state index contributed by atoms with van der Waals surface area (Å²) in [7, 11) is 1.85. The van der Waals surface area contributed by atoms with E-state index in [1.54, 1.807) is 12.1 Å². The maximum atomic E-state index is 14.5. The quantitative estimate of drug-likeness (QED) is 0.381. The van der Waals surface area contributed by atoms with Crippen LogP contribution >= 0.6 is 15.9 Å². The van der Waals surface area contributed by atoms with Gasteiger partial charge < -0.3 is 15.8 Å². The molecule has 6 heteroatoms. The van der Waals surface area contributed by atoms with Crippen molar-refractivity contribution in [3.05, 3.63) is 28.0 Å². The van der Waals surface area contributed by atoms with Crippen molar-refractivity contribution < 1.29 is 9.60 Å². The Kier molecular flexibility index (Phi) is 5.02. The summed E-state index contributed by atoms with van der Waals surface area (Å²) in [6.45, 7) is 8.36. The molecule has 0 aliphatic carbocycles. The zero-order valence-corrected chi connectivity index (χ0v) is 14.0. The van der Waals surface area contributed by atoms with Crippen LogP contribution in [0, 0.1) is 11.2 Å². The Morgan fingerprint density at radius 2 is 2.00 bits per heavy atom. The second-order valence-electron chi connectivity index (χ2n) is 5.90. The molecule has 3 N–H and O–H groups in total. The topological polar surface area (TPSA) is 61.8 Å². The maximum Gasteiger partial charge on any atom is 0.171 e. The Morgan fingerprint density at radius 1 is 1.45 bits per heavy atom. The second-order valence-corrected chi connectivity index (χ2v) is 6.69. The van der Waals surface area contributed by atoms with Gasteiger partial charge in [-0.1, -0.05) is 25.9 Å². The molecular formula is C14H21BrFN3O. The summed E-state index contributed by atoms with van der Waals surface area (Å²) in [6, 6.07) is 3.40. The first-order valence-corrected chi connectivity index (χ1v) is 7.09. The minimum atomic E-state index is -0.423. The van der Waals surface area contributed by atoms with Gasteiger partial charge in [-0.05, 0) is 40.4 Å². The van der Waals surface area contributed by atoms with Crippen molar-refractivity contribution in [3.8, 4) is 0 Å². The van der Waals surface area contributed by atoms with Crippen LogP contribution in [0.2, 0.25) is 0 Å². The third kappa shape index (κ3) is 3.23. The molecule has 0 aromatic heterocycles. The molecule has 1 rings (SSSR count). The lowest BCUT2D eigenvalue weighted by molar-refractivity contribution is 0.318. The molecule has 1 aromatic carbocycles. The Morgan fingerprint density at radius 3 is 2.45 bits per heavy atom. The summed E-state index contributed by atoms with van der Waals surface area (Å²) in [5.74, 6) is -0.554. The number of amidine groups is 1. The van der Waals surface area contributed by atoms with Crippen molar-refractivity contribution in [1.29, 1.82) is 0 Å². The summed E-state index contributed by atoms with van der Waals surface area (Å²) < 4.78 is 14.7. The fourth-order valence-corrected chi connectivity index (χ4v) is 2.39. The van der Waals surface area contributed by atoms with E-state index in [0.717, 1.165) is 0 Å². The third-order valence-corrected chi connectivity index (χ3v) is 4.44. The number of halogens is 2. The summed E-state index contributed by atoms with van der Waals surface area (Å²) >= 11 is 3.17. The van der Waals surface area contributed by atoms with Gasteiger partial charge in [0.2, 0.25) is 0 Å². The highest BCUT2D eigenvalue weighted by molar-refractivity contribution is 9.10. The van der Waals surface area contributed by atoms with Crippen molar-refractivity contribution in [2.75, 3.05) is 11.9 Å². The third-order valence-electron chi connectivity index (χ3n) is 3.66. The van der Waals surface area contributed by atoms with Crippen LogP contribution in [0.4, 0.5) is 10.1 Å². The van der Waals surface area contributed by atoms with Gasteiger partial charge in [0.05, 0.1) is 10.2 Å². The van der Waals surface area contributed by atoms with Crippen LogP contribution in [-0.4, -0.2) is 24.1 Å². The van der Waals surface area contributed by atoms with E-state index in [0.29, 0.717) is 11.3 Å². The van der Waals surface area contributed by atoms with Gasteiger partial charge in [-0.3, -0.25) is 0 Å². The molecule has 20 heavy (non-hydrogen) atoms.